The third-order valence-electron chi connectivity index (χ3n) is 2.37. The minimum Gasteiger partial charge on any atom is -0.548 e. The van der Waals surface area contributed by atoms with Crippen molar-refractivity contribution in [3.8, 4) is 5.75 Å². The fraction of sp³-hybridized carbons (Fsp3) is 0.231. The second kappa shape index (κ2) is 9.14. The van der Waals surface area contributed by atoms with Gasteiger partial charge in [-0.25, -0.2) is 4.79 Å². The Hall–Kier alpha value is -0.864. The maximum atomic E-state index is 11.1. The molecule has 0 aliphatic carbocycles. The van der Waals surface area contributed by atoms with E-state index in [9.17, 15) is 14.7 Å². The molecule has 0 radical (unpaired) electrons. The van der Waals surface area contributed by atoms with Gasteiger partial charge >= 0.3 is 57.4 Å². The molecular formula is C13H14KNO5. The van der Waals surface area contributed by atoms with Crippen molar-refractivity contribution in [2.75, 3.05) is 7.11 Å². The van der Waals surface area contributed by atoms with Crippen molar-refractivity contribution in [3.05, 3.63) is 41.6 Å². The number of allylic oxidation sites excluding steroid dienone is 1. The Morgan fingerprint density at radius 2 is 1.90 bits per heavy atom. The second-order valence-electron chi connectivity index (χ2n) is 3.84. The predicted octanol–water partition coefficient (Wildman–Crippen LogP) is -3.15. The molecular weight excluding hydrogens is 289 g/mol. The summed E-state index contributed by atoms with van der Waals surface area (Å²) >= 11 is 0. The number of aliphatic carboxylic acids is 1. The fourth-order valence-corrected chi connectivity index (χ4v) is 1.45. The van der Waals surface area contributed by atoms with Gasteiger partial charge in [-0.05, 0) is 24.6 Å². The standard InChI is InChI=1S/C13H15NO5.K/c1-8(7-11(16)19-2)14-12(13(17)18)9-3-5-10(15)6-4-9;/h3-7,12,14-15H,1-2H3,(H,17,18);/q;+1/p-1/b8-7-;. The maximum Gasteiger partial charge on any atom is 1.00 e. The van der Waals surface area contributed by atoms with Crippen LogP contribution in [0.3, 0.4) is 0 Å². The van der Waals surface area contributed by atoms with E-state index in [-0.39, 0.29) is 57.1 Å². The van der Waals surface area contributed by atoms with Crippen molar-refractivity contribution in [2.24, 2.45) is 0 Å². The van der Waals surface area contributed by atoms with E-state index in [0.29, 0.717) is 11.3 Å². The minimum atomic E-state index is -1.34. The largest absolute Gasteiger partial charge is 1.00 e. The van der Waals surface area contributed by atoms with Gasteiger partial charge in [0.25, 0.3) is 0 Å². The molecule has 0 aliphatic rings. The number of ether oxygens (including phenoxy) is 1. The Balaban J connectivity index is 0.00000361. The van der Waals surface area contributed by atoms with Gasteiger partial charge in [0, 0.05) is 11.8 Å². The first-order valence-corrected chi connectivity index (χ1v) is 5.46. The molecule has 1 atom stereocenters. The summed E-state index contributed by atoms with van der Waals surface area (Å²) < 4.78 is 4.43. The van der Waals surface area contributed by atoms with Crippen molar-refractivity contribution in [3.63, 3.8) is 0 Å². The van der Waals surface area contributed by atoms with Gasteiger partial charge in [-0.15, -0.1) is 0 Å². The van der Waals surface area contributed by atoms with E-state index in [1.165, 1.54) is 38.3 Å². The van der Waals surface area contributed by atoms with E-state index in [2.05, 4.69) is 10.1 Å². The van der Waals surface area contributed by atoms with Crippen LogP contribution in [0.25, 0.3) is 0 Å². The van der Waals surface area contributed by atoms with Crippen molar-refractivity contribution in [2.45, 2.75) is 13.0 Å². The van der Waals surface area contributed by atoms with Gasteiger partial charge in [0.1, 0.15) is 5.75 Å². The first kappa shape index (κ1) is 19.1. The average molecular weight is 303 g/mol. The number of hydrogen-bond donors (Lipinski definition) is 2. The SMILES string of the molecule is COC(=O)/C=C(/C)NC(C(=O)[O-])c1ccc(O)cc1.[K+]. The van der Waals surface area contributed by atoms with Crippen molar-refractivity contribution >= 4 is 11.9 Å². The second-order valence-corrected chi connectivity index (χ2v) is 3.84. The molecule has 0 heterocycles. The number of carbonyl (C=O) groups is 2. The molecule has 0 fully saturated rings. The van der Waals surface area contributed by atoms with Crippen LogP contribution in [0.5, 0.6) is 5.75 Å². The molecule has 20 heavy (non-hydrogen) atoms. The molecule has 1 aromatic carbocycles. The zero-order valence-electron chi connectivity index (χ0n) is 11.5. The number of benzene rings is 1. The van der Waals surface area contributed by atoms with Crippen molar-refractivity contribution in [1.29, 1.82) is 0 Å². The maximum absolute atomic E-state index is 11.1. The summed E-state index contributed by atoms with van der Waals surface area (Å²) in [6.07, 6.45) is 1.14. The third-order valence-corrected chi connectivity index (χ3v) is 2.37. The summed E-state index contributed by atoms with van der Waals surface area (Å²) in [5.74, 6) is -1.90. The van der Waals surface area contributed by atoms with Crippen LogP contribution in [0.15, 0.2) is 36.0 Å². The van der Waals surface area contributed by atoms with E-state index < -0.39 is 18.0 Å². The number of phenols is 1. The summed E-state index contributed by atoms with van der Waals surface area (Å²) in [4.78, 5) is 22.1. The smallest absolute Gasteiger partial charge is 0.548 e. The van der Waals surface area contributed by atoms with E-state index in [1.54, 1.807) is 0 Å². The molecule has 102 valence electrons. The van der Waals surface area contributed by atoms with E-state index in [1.807, 2.05) is 0 Å². The Bertz CT molecular complexity index is 498. The molecule has 2 N–H and O–H groups in total. The van der Waals surface area contributed by atoms with Gasteiger partial charge in [-0.2, -0.15) is 0 Å². The van der Waals surface area contributed by atoms with Crippen LogP contribution in [0.2, 0.25) is 0 Å². The number of carboxylic acids is 1. The Morgan fingerprint density at radius 1 is 1.35 bits per heavy atom. The number of phenolic OH excluding ortho intramolecular Hbond substituents is 1. The van der Waals surface area contributed by atoms with Crippen LogP contribution < -0.4 is 61.8 Å². The third kappa shape index (κ3) is 6.06. The number of hydrogen-bond acceptors (Lipinski definition) is 6. The van der Waals surface area contributed by atoms with Crippen LogP contribution in [-0.2, 0) is 14.3 Å². The number of rotatable bonds is 5. The number of esters is 1. The van der Waals surface area contributed by atoms with E-state index in [0.717, 1.165) is 6.08 Å². The minimum absolute atomic E-state index is 0. The van der Waals surface area contributed by atoms with E-state index >= 15 is 0 Å². The Morgan fingerprint density at radius 3 is 2.35 bits per heavy atom. The average Bonchev–Trinajstić information content (AvgIpc) is 2.36. The molecule has 1 unspecified atom stereocenters. The number of nitrogens with one attached hydrogen (secondary N) is 1. The number of aromatic hydroxyl groups is 1. The van der Waals surface area contributed by atoms with Crippen LogP contribution in [0, 0.1) is 0 Å². The van der Waals surface area contributed by atoms with Crippen LogP contribution in [-0.4, -0.2) is 24.2 Å². The Kier molecular flexibility index (Phi) is 8.75. The summed E-state index contributed by atoms with van der Waals surface area (Å²) in [5, 5.41) is 22.9. The molecule has 7 heteroatoms. The van der Waals surface area contributed by atoms with Crippen LogP contribution >= 0.6 is 0 Å². The van der Waals surface area contributed by atoms with Gasteiger partial charge in [0.2, 0.25) is 0 Å². The summed E-state index contributed by atoms with van der Waals surface area (Å²) in [5.41, 5.74) is 0.726. The van der Waals surface area contributed by atoms with Crippen molar-refractivity contribution < 1.29 is 75.9 Å². The molecule has 6 nitrogen and oxygen atoms in total. The molecule has 0 aliphatic heterocycles. The summed E-state index contributed by atoms with van der Waals surface area (Å²) in [6.45, 7) is 1.53. The summed E-state index contributed by atoms with van der Waals surface area (Å²) in [6, 6.07) is 4.52. The normalized spacial score (nSPS) is 12.0. The summed E-state index contributed by atoms with van der Waals surface area (Å²) in [7, 11) is 1.22. The molecule has 0 aromatic heterocycles. The number of methoxy groups -OCH3 is 1. The van der Waals surface area contributed by atoms with Gasteiger partial charge in [0.05, 0.1) is 19.1 Å². The van der Waals surface area contributed by atoms with Gasteiger partial charge < -0.3 is 25.1 Å². The fourth-order valence-electron chi connectivity index (χ4n) is 1.45. The zero-order chi connectivity index (χ0) is 14.4. The van der Waals surface area contributed by atoms with Crippen LogP contribution in [0.4, 0.5) is 0 Å². The Labute approximate surface area is 159 Å². The first-order valence-electron chi connectivity index (χ1n) is 5.46. The predicted molar refractivity (Wildman–Crippen MR) is 64.8 cm³/mol. The van der Waals surface area contributed by atoms with Gasteiger partial charge in [-0.3, -0.25) is 0 Å². The molecule has 0 saturated carbocycles. The molecule has 0 amide bonds. The number of carbonyl (C=O) groups excluding carboxylic acids is 2. The topological polar surface area (TPSA) is 98.7 Å². The van der Waals surface area contributed by atoms with Gasteiger partial charge in [-0.1, -0.05) is 12.1 Å². The zero-order valence-corrected chi connectivity index (χ0v) is 14.7. The van der Waals surface area contributed by atoms with E-state index in [4.69, 9.17) is 5.11 Å². The van der Waals surface area contributed by atoms with Crippen molar-refractivity contribution in [1.82, 2.24) is 5.32 Å². The molecule has 1 rings (SSSR count). The molecule has 0 spiro atoms. The molecule has 0 bridgehead atoms. The molecule has 1 aromatic rings. The quantitative estimate of drug-likeness (QED) is 0.339. The van der Waals surface area contributed by atoms with Crippen LogP contribution in [0.1, 0.15) is 18.5 Å². The van der Waals surface area contributed by atoms with Gasteiger partial charge in [0.15, 0.2) is 0 Å². The first-order chi connectivity index (χ1) is 8.93. The monoisotopic (exact) mass is 303 g/mol. The molecule has 0 saturated heterocycles. The number of carboxylic acid groups (broad SMARTS) is 1.